The highest BCUT2D eigenvalue weighted by Crippen LogP contribution is 2.32. The number of carbonyl (C=O) groups is 1. The maximum Gasteiger partial charge on any atom is 0.345 e. The summed E-state index contributed by atoms with van der Waals surface area (Å²) in [6.07, 6.45) is 3.26. The Bertz CT molecular complexity index is 1000. The van der Waals surface area contributed by atoms with E-state index in [-0.39, 0.29) is 17.6 Å². The first-order valence-electron chi connectivity index (χ1n) is 8.32. The van der Waals surface area contributed by atoms with Crippen molar-refractivity contribution in [2.45, 2.75) is 39.2 Å². The van der Waals surface area contributed by atoms with E-state index in [2.05, 4.69) is 6.92 Å². The van der Waals surface area contributed by atoms with Gasteiger partial charge >= 0.3 is 5.63 Å². The molecule has 1 amide bonds. The molecule has 0 radical (unpaired) electrons. The van der Waals surface area contributed by atoms with E-state index in [0.717, 1.165) is 35.0 Å². The summed E-state index contributed by atoms with van der Waals surface area (Å²) in [5.41, 5.74) is 1.30. The van der Waals surface area contributed by atoms with Gasteiger partial charge in [0.25, 0.3) is 5.91 Å². The standard InChI is InChI=1S/C19H19NO3S/c1-11-6-7-15-13(9-11)17-14(19(22)23-15)10-16(24-17)18(21)20-8-4-3-5-12(20)2/h6-7,9-10,12H,3-5,8H2,1-2H3. The lowest BCUT2D eigenvalue weighted by Gasteiger charge is -2.33. The van der Waals surface area contributed by atoms with Crippen LogP contribution in [0.4, 0.5) is 0 Å². The van der Waals surface area contributed by atoms with E-state index in [0.29, 0.717) is 15.8 Å². The Hall–Kier alpha value is -2.14. The van der Waals surface area contributed by atoms with Crippen LogP contribution >= 0.6 is 11.3 Å². The molecule has 1 saturated heterocycles. The van der Waals surface area contributed by atoms with Gasteiger partial charge in [-0.25, -0.2) is 4.79 Å². The van der Waals surface area contributed by atoms with Crippen LogP contribution < -0.4 is 5.63 Å². The number of benzene rings is 1. The second kappa shape index (κ2) is 5.74. The van der Waals surface area contributed by atoms with Crippen molar-refractivity contribution < 1.29 is 9.21 Å². The quantitative estimate of drug-likeness (QED) is 0.619. The predicted octanol–water partition coefficient (Wildman–Crippen LogP) is 4.33. The summed E-state index contributed by atoms with van der Waals surface area (Å²) in [6, 6.07) is 7.71. The minimum absolute atomic E-state index is 0.0311. The molecule has 4 rings (SSSR count). The molecule has 3 aromatic rings. The number of likely N-dealkylation sites (tertiary alicyclic amines) is 1. The van der Waals surface area contributed by atoms with Crippen LogP contribution in [-0.2, 0) is 0 Å². The van der Waals surface area contributed by atoms with Gasteiger partial charge < -0.3 is 9.32 Å². The Morgan fingerprint density at radius 3 is 2.88 bits per heavy atom. The van der Waals surface area contributed by atoms with Crippen LogP contribution in [0, 0.1) is 6.92 Å². The zero-order chi connectivity index (χ0) is 16.8. The Morgan fingerprint density at radius 1 is 1.25 bits per heavy atom. The molecule has 1 aliphatic rings. The number of hydrogen-bond donors (Lipinski definition) is 0. The highest BCUT2D eigenvalue weighted by molar-refractivity contribution is 7.21. The van der Waals surface area contributed by atoms with Crippen molar-refractivity contribution in [3.63, 3.8) is 0 Å². The van der Waals surface area contributed by atoms with E-state index in [9.17, 15) is 9.59 Å². The van der Waals surface area contributed by atoms with Gasteiger partial charge in [-0.05, 0) is 51.3 Å². The Kier molecular flexibility index (Phi) is 3.68. The number of amides is 1. The minimum atomic E-state index is -0.372. The molecule has 0 saturated carbocycles. The number of aryl methyl sites for hydroxylation is 1. The van der Waals surface area contributed by atoms with Crippen LogP contribution in [-0.4, -0.2) is 23.4 Å². The fourth-order valence-electron chi connectivity index (χ4n) is 3.45. The molecule has 1 atom stereocenters. The number of nitrogens with zero attached hydrogens (tertiary/aromatic N) is 1. The number of fused-ring (bicyclic) bond motifs is 3. The van der Waals surface area contributed by atoms with E-state index in [1.54, 1.807) is 6.07 Å². The lowest BCUT2D eigenvalue weighted by Crippen LogP contribution is -2.41. The molecule has 3 heterocycles. The maximum atomic E-state index is 12.9. The van der Waals surface area contributed by atoms with Crippen LogP contribution in [0.3, 0.4) is 0 Å². The maximum absolute atomic E-state index is 12.9. The Balaban J connectivity index is 1.87. The third-order valence-corrected chi connectivity index (χ3v) is 5.97. The SMILES string of the molecule is Cc1ccc2oc(=O)c3cc(C(=O)N4CCCCC4C)sc3c2c1. The molecular weight excluding hydrogens is 322 g/mol. The van der Waals surface area contributed by atoms with Crippen LogP contribution in [0.15, 0.2) is 33.5 Å². The van der Waals surface area contributed by atoms with Crippen LogP contribution in [0.1, 0.15) is 41.4 Å². The van der Waals surface area contributed by atoms with Gasteiger partial charge in [-0.3, -0.25) is 4.79 Å². The average Bonchev–Trinajstić information content (AvgIpc) is 3.02. The summed E-state index contributed by atoms with van der Waals surface area (Å²) in [4.78, 5) is 27.7. The molecule has 4 nitrogen and oxygen atoms in total. The van der Waals surface area contributed by atoms with Gasteiger partial charge in [-0.2, -0.15) is 0 Å². The first kappa shape index (κ1) is 15.4. The van der Waals surface area contributed by atoms with Gasteiger partial charge in [0.1, 0.15) is 5.58 Å². The van der Waals surface area contributed by atoms with E-state index in [1.807, 2.05) is 30.0 Å². The van der Waals surface area contributed by atoms with E-state index >= 15 is 0 Å². The molecule has 0 bridgehead atoms. The van der Waals surface area contributed by atoms with Crippen LogP contribution in [0.25, 0.3) is 21.1 Å². The summed E-state index contributed by atoms with van der Waals surface area (Å²) >= 11 is 1.40. The van der Waals surface area contributed by atoms with Gasteiger partial charge in [0.15, 0.2) is 0 Å². The molecule has 0 aliphatic carbocycles. The first-order valence-corrected chi connectivity index (χ1v) is 9.14. The van der Waals surface area contributed by atoms with Crippen molar-refractivity contribution in [2.75, 3.05) is 6.54 Å². The highest BCUT2D eigenvalue weighted by Gasteiger charge is 2.26. The summed E-state index contributed by atoms with van der Waals surface area (Å²) in [5.74, 6) is 0.0311. The molecule has 5 heteroatoms. The largest absolute Gasteiger partial charge is 0.422 e. The monoisotopic (exact) mass is 341 g/mol. The topological polar surface area (TPSA) is 50.5 Å². The molecule has 1 aromatic carbocycles. The molecule has 0 N–H and O–H groups in total. The van der Waals surface area contributed by atoms with E-state index in [4.69, 9.17) is 4.42 Å². The molecule has 2 aromatic heterocycles. The molecular formula is C19H19NO3S. The van der Waals surface area contributed by atoms with E-state index < -0.39 is 0 Å². The summed E-state index contributed by atoms with van der Waals surface area (Å²) in [7, 11) is 0. The van der Waals surface area contributed by atoms with E-state index in [1.165, 1.54) is 17.8 Å². The molecule has 1 unspecified atom stereocenters. The van der Waals surface area contributed by atoms with Crippen molar-refractivity contribution in [3.8, 4) is 0 Å². The number of carbonyl (C=O) groups excluding carboxylic acids is 1. The molecule has 0 spiro atoms. The van der Waals surface area contributed by atoms with Gasteiger partial charge in [-0.1, -0.05) is 11.6 Å². The summed E-state index contributed by atoms with van der Waals surface area (Å²) in [6.45, 7) is 4.89. The zero-order valence-electron chi connectivity index (χ0n) is 13.8. The molecule has 1 fully saturated rings. The second-order valence-electron chi connectivity index (χ2n) is 6.59. The number of rotatable bonds is 1. The molecule has 124 valence electrons. The number of hydrogen-bond acceptors (Lipinski definition) is 4. The highest BCUT2D eigenvalue weighted by atomic mass is 32.1. The van der Waals surface area contributed by atoms with Gasteiger partial charge in [0.2, 0.25) is 0 Å². The van der Waals surface area contributed by atoms with Crippen molar-refractivity contribution >= 4 is 38.3 Å². The van der Waals surface area contributed by atoms with Crippen molar-refractivity contribution in [3.05, 3.63) is 45.1 Å². The fraction of sp³-hybridized carbons (Fsp3) is 0.368. The predicted molar refractivity (Wildman–Crippen MR) is 97.0 cm³/mol. The fourth-order valence-corrected chi connectivity index (χ4v) is 4.58. The third-order valence-electron chi connectivity index (χ3n) is 4.81. The normalized spacial score (nSPS) is 18.4. The zero-order valence-corrected chi connectivity index (χ0v) is 14.6. The summed E-state index contributed by atoms with van der Waals surface area (Å²) < 4.78 is 6.26. The minimum Gasteiger partial charge on any atom is -0.422 e. The smallest absolute Gasteiger partial charge is 0.345 e. The number of piperidine rings is 1. The third kappa shape index (κ3) is 2.44. The summed E-state index contributed by atoms with van der Waals surface area (Å²) in [5, 5.41) is 1.41. The van der Waals surface area contributed by atoms with Crippen molar-refractivity contribution in [2.24, 2.45) is 0 Å². The lowest BCUT2D eigenvalue weighted by atomic mass is 10.0. The lowest BCUT2D eigenvalue weighted by molar-refractivity contribution is 0.0641. The van der Waals surface area contributed by atoms with Crippen LogP contribution in [0.5, 0.6) is 0 Å². The van der Waals surface area contributed by atoms with Gasteiger partial charge in [-0.15, -0.1) is 11.3 Å². The van der Waals surface area contributed by atoms with Gasteiger partial charge in [0.05, 0.1) is 15.0 Å². The van der Waals surface area contributed by atoms with Crippen molar-refractivity contribution in [1.29, 1.82) is 0 Å². The van der Waals surface area contributed by atoms with Crippen LogP contribution in [0.2, 0.25) is 0 Å². The first-order chi connectivity index (χ1) is 11.5. The molecule has 24 heavy (non-hydrogen) atoms. The average molecular weight is 341 g/mol. The number of thiophene rings is 1. The van der Waals surface area contributed by atoms with Crippen molar-refractivity contribution in [1.82, 2.24) is 4.90 Å². The molecule has 1 aliphatic heterocycles. The Labute approximate surface area is 143 Å². The van der Waals surface area contributed by atoms with Gasteiger partial charge in [0, 0.05) is 18.0 Å². The second-order valence-corrected chi connectivity index (χ2v) is 7.64. The Morgan fingerprint density at radius 2 is 2.08 bits per heavy atom.